The van der Waals surface area contributed by atoms with Gasteiger partial charge in [-0.2, -0.15) is 4.80 Å². The normalized spacial score (nSPS) is 10.5. The molecule has 0 spiro atoms. The van der Waals surface area contributed by atoms with E-state index in [2.05, 4.69) is 25.5 Å². The van der Waals surface area contributed by atoms with Crippen LogP contribution in [0, 0.1) is 6.92 Å². The van der Waals surface area contributed by atoms with Crippen molar-refractivity contribution in [2.75, 3.05) is 12.4 Å². The second-order valence-electron chi connectivity index (χ2n) is 5.17. The molecule has 0 radical (unpaired) electrons. The molecule has 2 heterocycles. The third-order valence-electron chi connectivity index (χ3n) is 3.27. The maximum absolute atomic E-state index is 12.1. The molecule has 1 N–H and O–H groups in total. The molecular formula is C16H15N5O4. The van der Waals surface area contributed by atoms with Crippen LogP contribution in [0.15, 0.2) is 40.8 Å². The molecule has 3 rings (SSSR count). The second kappa shape index (κ2) is 6.95. The molecule has 0 saturated heterocycles. The molecule has 0 aliphatic carbocycles. The minimum atomic E-state index is -0.479. The zero-order chi connectivity index (χ0) is 17.8. The van der Waals surface area contributed by atoms with Gasteiger partial charge in [-0.25, -0.2) is 4.79 Å². The highest BCUT2D eigenvalue weighted by Crippen LogP contribution is 2.16. The third-order valence-corrected chi connectivity index (χ3v) is 3.27. The van der Waals surface area contributed by atoms with E-state index in [0.29, 0.717) is 22.8 Å². The van der Waals surface area contributed by atoms with Gasteiger partial charge in [0, 0.05) is 5.69 Å². The Hall–Kier alpha value is -3.49. The summed E-state index contributed by atoms with van der Waals surface area (Å²) in [5.74, 6) is 0.673. The molecule has 9 heteroatoms. The summed E-state index contributed by atoms with van der Waals surface area (Å²) in [5.41, 5.74) is 0.810. The van der Waals surface area contributed by atoms with Crippen LogP contribution in [0.2, 0.25) is 0 Å². The number of aryl methyl sites for hydroxylation is 1. The quantitative estimate of drug-likeness (QED) is 0.702. The van der Waals surface area contributed by atoms with Gasteiger partial charge in [0.05, 0.1) is 12.7 Å². The predicted molar refractivity (Wildman–Crippen MR) is 86.7 cm³/mol. The van der Waals surface area contributed by atoms with Crippen molar-refractivity contribution in [3.8, 4) is 11.6 Å². The summed E-state index contributed by atoms with van der Waals surface area (Å²) in [6.07, 6.45) is 0. The Kier molecular flexibility index (Phi) is 4.55. The van der Waals surface area contributed by atoms with Crippen LogP contribution >= 0.6 is 0 Å². The first kappa shape index (κ1) is 16.4. The van der Waals surface area contributed by atoms with Gasteiger partial charge in [-0.05, 0) is 42.5 Å². The molecule has 0 fully saturated rings. The van der Waals surface area contributed by atoms with Gasteiger partial charge in [0.1, 0.15) is 12.3 Å². The van der Waals surface area contributed by atoms with Gasteiger partial charge in [-0.1, -0.05) is 6.07 Å². The van der Waals surface area contributed by atoms with Crippen molar-refractivity contribution in [3.63, 3.8) is 0 Å². The van der Waals surface area contributed by atoms with Gasteiger partial charge in [-0.15, -0.1) is 10.2 Å². The molecule has 0 aliphatic heterocycles. The average Bonchev–Trinajstić information content (AvgIpc) is 3.23. The Labute approximate surface area is 142 Å². The number of aromatic nitrogens is 4. The van der Waals surface area contributed by atoms with Crippen molar-refractivity contribution in [3.05, 3.63) is 47.7 Å². The van der Waals surface area contributed by atoms with Crippen LogP contribution in [-0.2, 0) is 16.1 Å². The highest BCUT2D eigenvalue weighted by atomic mass is 16.5. The second-order valence-corrected chi connectivity index (χ2v) is 5.17. The van der Waals surface area contributed by atoms with Crippen molar-refractivity contribution in [1.29, 1.82) is 0 Å². The van der Waals surface area contributed by atoms with Gasteiger partial charge < -0.3 is 14.5 Å². The Morgan fingerprint density at radius 3 is 2.84 bits per heavy atom. The first-order valence-electron chi connectivity index (χ1n) is 7.38. The molecule has 128 valence electrons. The fourth-order valence-corrected chi connectivity index (χ4v) is 2.13. The number of methoxy groups -OCH3 is 1. The summed E-state index contributed by atoms with van der Waals surface area (Å²) in [6, 6.07) is 9.95. The maximum Gasteiger partial charge on any atom is 0.337 e. The lowest BCUT2D eigenvalue weighted by Gasteiger charge is -2.06. The first-order chi connectivity index (χ1) is 12.0. The summed E-state index contributed by atoms with van der Waals surface area (Å²) in [6.45, 7) is 1.68. The van der Waals surface area contributed by atoms with E-state index in [9.17, 15) is 9.59 Å². The molecule has 1 aromatic carbocycles. The molecule has 0 unspecified atom stereocenters. The van der Waals surface area contributed by atoms with Crippen LogP contribution < -0.4 is 5.32 Å². The molecule has 0 atom stereocenters. The Balaban J connectivity index is 1.65. The van der Waals surface area contributed by atoms with E-state index in [1.165, 1.54) is 13.2 Å². The molecule has 1 amide bonds. The van der Waals surface area contributed by atoms with Crippen molar-refractivity contribution in [2.24, 2.45) is 0 Å². The van der Waals surface area contributed by atoms with E-state index < -0.39 is 5.97 Å². The number of hydrogen-bond donors (Lipinski definition) is 1. The van der Waals surface area contributed by atoms with Gasteiger partial charge >= 0.3 is 5.97 Å². The number of tetrazole rings is 1. The number of nitrogens with one attached hydrogen (secondary N) is 1. The lowest BCUT2D eigenvalue weighted by molar-refractivity contribution is -0.117. The summed E-state index contributed by atoms with van der Waals surface area (Å²) < 4.78 is 10.1. The van der Waals surface area contributed by atoms with Gasteiger partial charge in [0.2, 0.25) is 11.7 Å². The Morgan fingerprint density at radius 1 is 1.28 bits per heavy atom. The van der Waals surface area contributed by atoms with Crippen molar-refractivity contribution < 1.29 is 18.7 Å². The highest BCUT2D eigenvalue weighted by Gasteiger charge is 2.13. The number of rotatable bonds is 5. The molecular weight excluding hydrogens is 326 g/mol. The minimum absolute atomic E-state index is 0.130. The number of esters is 1. The van der Waals surface area contributed by atoms with E-state index in [4.69, 9.17) is 4.42 Å². The van der Waals surface area contributed by atoms with E-state index in [1.807, 2.05) is 6.92 Å². The number of anilines is 1. The first-order valence-corrected chi connectivity index (χ1v) is 7.38. The zero-order valence-electron chi connectivity index (χ0n) is 13.6. The topological polar surface area (TPSA) is 112 Å². The summed E-state index contributed by atoms with van der Waals surface area (Å²) >= 11 is 0. The van der Waals surface area contributed by atoms with E-state index in [-0.39, 0.29) is 12.5 Å². The van der Waals surface area contributed by atoms with Gasteiger partial charge in [0.25, 0.3) is 0 Å². The van der Waals surface area contributed by atoms with Crippen LogP contribution in [0.3, 0.4) is 0 Å². The molecule has 0 aliphatic rings. The van der Waals surface area contributed by atoms with E-state index in [0.717, 1.165) is 10.6 Å². The van der Waals surface area contributed by atoms with Crippen LogP contribution in [0.4, 0.5) is 5.69 Å². The molecule has 3 aromatic rings. The molecule has 25 heavy (non-hydrogen) atoms. The van der Waals surface area contributed by atoms with Crippen LogP contribution in [-0.4, -0.2) is 39.2 Å². The van der Waals surface area contributed by atoms with Crippen LogP contribution in [0.5, 0.6) is 0 Å². The molecule has 2 aromatic heterocycles. The van der Waals surface area contributed by atoms with Gasteiger partial charge in [0.15, 0.2) is 5.76 Å². The number of hydrogen-bond acceptors (Lipinski definition) is 7. The molecule has 0 saturated carbocycles. The smallest absolute Gasteiger partial charge is 0.337 e. The number of nitrogens with zero attached hydrogens (tertiary/aromatic N) is 4. The number of ether oxygens (including phenoxy) is 1. The number of carbonyl (C=O) groups is 2. The van der Waals surface area contributed by atoms with Crippen molar-refractivity contribution in [1.82, 2.24) is 20.2 Å². The number of carbonyl (C=O) groups excluding carboxylic acids is 2. The summed E-state index contributed by atoms with van der Waals surface area (Å²) in [5, 5.41) is 14.4. The van der Waals surface area contributed by atoms with Crippen LogP contribution in [0.1, 0.15) is 16.1 Å². The zero-order valence-corrected chi connectivity index (χ0v) is 13.6. The van der Waals surface area contributed by atoms with Crippen molar-refractivity contribution in [2.45, 2.75) is 13.5 Å². The van der Waals surface area contributed by atoms with E-state index >= 15 is 0 Å². The lowest BCUT2D eigenvalue weighted by Crippen LogP contribution is -2.20. The standard InChI is InChI=1S/C16H15N5O4/c1-10-6-7-13(25-10)15-18-20-21(19-15)9-14(22)17-12-5-3-4-11(8-12)16(23)24-2/h3-8H,9H2,1-2H3,(H,17,22). The summed E-state index contributed by atoms with van der Waals surface area (Å²) in [4.78, 5) is 24.8. The highest BCUT2D eigenvalue weighted by molar-refractivity contribution is 5.94. The fraction of sp³-hybridized carbons (Fsp3) is 0.188. The van der Waals surface area contributed by atoms with Crippen molar-refractivity contribution >= 4 is 17.6 Å². The predicted octanol–water partition coefficient (Wildman–Crippen LogP) is 1.67. The SMILES string of the molecule is COC(=O)c1cccc(NC(=O)Cn2nnc(-c3ccc(C)o3)n2)c1. The van der Waals surface area contributed by atoms with Gasteiger partial charge in [-0.3, -0.25) is 4.79 Å². The van der Waals surface area contributed by atoms with Crippen LogP contribution in [0.25, 0.3) is 11.6 Å². The molecule has 9 nitrogen and oxygen atoms in total. The summed E-state index contributed by atoms with van der Waals surface area (Å²) in [7, 11) is 1.29. The maximum atomic E-state index is 12.1. The average molecular weight is 341 g/mol. The number of benzene rings is 1. The largest absolute Gasteiger partial charge is 0.465 e. The van der Waals surface area contributed by atoms with E-state index in [1.54, 1.807) is 30.3 Å². The Bertz CT molecular complexity index is 915. The number of amides is 1. The Morgan fingerprint density at radius 2 is 2.12 bits per heavy atom. The fourth-order valence-electron chi connectivity index (χ4n) is 2.13. The third kappa shape index (κ3) is 3.89. The monoisotopic (exact) mass is 341 g/mol. The minimum Gasteiger partial charge on any atom is -0.465 e. The number of furan rings is 1. The molecule has 0 bridgehead atoms. The lowest BCUT2D eigenvalue weighted by atomic mass is 10.2.